The fourth-order valence-corrected chi connectivity index (χ4v) is 6.07. The number of hydrogen-bond acceptors (Lipinski definition) is 5. The highest BCUT2D eigenvalue weighted by Gasteiger charge is 2.63. The smallest absolute Gasteiger partial charge is 0.227 e. The summed E-state index contributed by atoms with van der Waals surface area (Å²) in [5.74, 6) is -0.927. The van der Waals surface area contributed by atoms with E-state index in [-0.39, 0.29) is 23.2 Å². The highest BCUT2D eigenvalue weighted by atomic mass is 79.9. The minimum Gasteiger partial charge on any atom is -0.344 e. The predicted octanol–water partition coefficient (Wildman–Crippen LogP) is 5.74. The van der Waals surface area contributed by atoms with Gasteiger partial charge in [0.2, 0.25) is 11.7 Å². The molecule has 0 bridgehead atoms. The Morgan fingerprint density at radius 3 is 2.22 bits per heavy atom. The molecule has 1 N–H and O–H groups in total. The van der Waals surface area contributed by atoms with Gasteiger partial charge in [0.15, 0.2) is 0 Å². The van der Waals surface area contributed by atoms with E-state index >= 15 is 0 Å². The molecular formula is C29H46BrN3O3. The number of hydrazine groups is 1. The minimum absolute atomic E-state index is 0.0962. The van der Waals surface area contributed by atoms with Crippen LogP contribution in [0.4, 0.5) is 0 Å². The van der Waals surface area contributed by atoms with Crippen molar-refractivity contribution in [3.8, 4) is 0 Å². The summed E-state index contributed by atoms with van der Waals surface area (Å²) in [6.07, 6.45) is 7.49. The molecule has 1 amide bonds. The van der Waals surface area contributed by atoms with Crippen LogP contribution in [0.3, 0.4) is 0 Å². The zero-order valence-electron chi connectivity index (χ0n) is 23.3. The summed E-state index contributed by atoms with van der Waals surface area (Å²) in [6.45, 7) is 13.1. The van der Waals surface area contributed by atoms with Crippen LogP contribution < -0.4 is 5.43 Å². The quantitative estimate of drug-likeness (QED) is 0.306. The molecule has 7 heteroatoms. The third-order valence-electron chi connectivity index (χ3n) is 7.65. The number of benzene rings is 1. The molecule has 3 atom stereocenters. The lowest BCUT2D eigenvalue weighted by molar-refractivity contribution is -0.322. The normalized spacial score (nSPS) is 27.9. The molecule has 1 saturated heterocycles. The fourth-order valence-electron chi connectivity index (χ4n) is 5.81. The first kappa shape index (κ1) is 29.3. The van der Waals surface area contributed by atoms with Crippen LogP contribution in [0.5, 0.6) is 0 Å². The molecule has 0 radical (unpaired) electrons. The molecule has 0 aromatic heterocycles. The van der Waals surface area contributed by atoms with E-state index in [9.17, 15) is 4.79 Å². The van der Waals surface area contributed by atoms with Crippen molar-refractivity contribution in [3.63, 3.8) is 0 Å². The van der Waals surface area contributed by atoms with Crippen LogP contribution in [0.15, 0.2) is 40.9 Å². The Morgan fingerprint density at radius 1 is 1.08 bits per heavy atom. The summed E-state index contributed by atoms with van der Waals surface area (Å²) >= 11 is 3.58. The van der Waals surface area contributed by atoms with Crippen molar-refractivity contribution in [1.82, 2.24) is 15.3 Å². The van der Waals surface area contributed by atoms with Gasteiger partial charge in [0, 0.05) is 37.1 Å². The molecule has 2 aliphatic rings. The number of nitrogens with one attached hydrogen (secondary N) is 1. The topological polar surface area (TPSA) is 54.0 Å². The van der Waals surface area contributed by atoms with E-state index < -0.39 is 11.3 Å². The highest BCUT2D eigenvalue weighted by Crippen LogP contribution is 2.52. The van der Waals surface area contributed by atoms with Crippen LogP contribution in [0.25, 0.3) is 0 Å². The lowest BCUT2D eigenvalue weighted by Gasteiger charge is -2.59. The zero-order chi connectivity index (χ0) is 26.6. The molecule has 2 fully saturated rings. The number of nitrogens with zero attached hydrogens (tertiary/aromatic N) is 2. The van der Waals surface area contributed by atoms with Crippen molar-refractivity contribution >= 4 is 21.8 Å². The number of carbonyl (C=O) groups is 1. The zero-order valence-corrected chi connectivity index (χ0v) is 24.9. The third kappa shape index (κ3) is 6.07. The van der Waals surface area contributed by atoms with Crippen LogP contribution in [-0.4, -0.2) is 67.5 Å². The summed E-state index contributed by atoms with van der Waals surface area (Å²) in [5.41, 5.74) is 4.16. The van der Waals surface area contributed by atoms with Crippen molar-refractivity contribution in [2.75, 3.05) is 40.4 Å². The number of ether oxygens (including phenoxy) is 2. The lowest BCUT2D eigenvalue weighted by Crippen LogP contribution is -2.75. The fraction of sp³-hybridized carbons (Fsp3) is 0.690. The van der Waals surface area contributed by atoms with Gasteiger partial charge in [-0.1, -0.05) is 54.9 Å². The average Bonchev–Trinajstić information content (AvgIpc) is 2.84. The average molecular weight is 565 g/mol. The Morgan fingerprint density at radius 2 is 1.69 bits per heavy atom. The first-order valence-corrected chi connectivity index (χ1v) is 14.3. The number of carbonyl (C=O) groups excluding carboxylic acids is 1. The summed E-state index contributed by atoms with van der Waals surface area (Å²) in [4.78, 5) is 16.1. The van der Waals surface area contributed by atoms with Crippen LogP contribution in [-0.2, 0) is 14.3 Å². The summed E-state index contributed by atoms with van der Waals surface area (Å²) in [5, 5.41) is 1.97. The van der Waals surface area contributed by atoms with Gasteiger partial charge in [-0.2, -0.15) is 0 Å². The summed E-state index contributed by atoms with van der Waals surface area (Å²) in [7, 11) is 3.99. The molecule has 0 spiro atoms. The minimum atomic E-state index is -1.07. The second kappa shape index (κ2) is 12.1. The number of halogens is 1. The summed E-state index contributed by atoms with van der Waals surface area (Å²) < 4.78 is 14.6. The van der Waals surface area contributed by atoms with E-state index in [2.05, 4.69) is 92.4 Å². The van der Waals surface area contributed by atoms with Crippen LogP contribution in [0.2, 0.25) is 0 Å². The SMILES string of the molecule is CC/C=C/C1(C2(NN(C)C)CC(c3ccc(Br)cc3)CCC2C(=O)N(CC)CC)OCC(C)(C)CO1. The molecule has 1 aromatic carbocycles. The Hall–Kier alpha value is -1.25. The van der Waals surface area contributed by atoms with Gasteiger partial charge in [0.25, 0.3) is 0 Å². The van der Waals surface area contributed by atoms with E-state index in [4.69, 9.17) is 9.47 Å². The van der Waals surface area contributed by atoms with Gasteiger partial charge in [0.05, 0.1) is 19.1 Å². The molecule has 1 heterocycles. The van der Waals surface area contributed by atoms with Gasteiger partial charge in [-0.3, -0.25) is 4.79 Å². The molecule has 1 aliphatic heterocycles. The number of allylic oxidation sites excluding steroid dienone is 1. The second-order valence-electron chi connectivity index (χ2n) is 11.3. The maximum absolute atomic E-state index is 14.2. The predicted molar refractivity (Wildman–Crippen MR) is 150 cm³/mol. The number of rotatable bonds is 9. The van der Waals surface area contributed by atoms with Crippen molar-refractivity contribution in [1.29, 1.82) is 0 Å². The van der Waals surface area contributed by atoms with Crippen molar-refractivity contribution in [3.05, 3.63) is 46.5 Å². The first-order valence-electron chi connectivity index (χ1n) is 13.5. The maximum atomic E-state index is 14.2. The van der Waals surface area contributed by atoms with Crippen LogP contribution in [0.1, 0.15) is 71.8 Å². The van der Waals surface area contributed by atoms with Gasteiger partial charge >= 0.3 is 0 Å². The van der Waals surface area contributed by atoms with E-state index in [1.54, 1.807) is 0 Å². The van der Waals surface area contributed by atoms with Crippen LogP contribution >= 0.6 is 15.9 Å². The van der Waals surface area contributed by atoms with Gasteiger partial charge in [0.1, 0.15) is 5.54 Å². The van der Waals surface area contributed by atoms with E-state index in [0.29, 0.717) is 26.3 Å². The second-order valence-corrected chi connectivity index (χ2v) is 12.2. The van der Waals surface area contributed by atoms with Crippen LogP contribution in [0, 0.1) is 11.3 Å². The Bertz CT molecular complexity index is 888. The van der Waals surface area contributed by atoms with Gasteiger partial charge in [-0.05, 0) is 69.2 Å². The largest absolute Gasteiger partial charge is 0.344 e. The lowest BCUT2D eigenvalue weighted by atomic mass is 9.62. The van der Waals surface area contributed by atoms with Gasteiger partial charge < -0.3 is 14.4 Å². The molecule has 1 saturated carbocycles. The van der Waals surface area contributed by atoms with E-state index in [1.165, 1.54) is 5.56 Å². The molecule has 1 aliphatic carbocycles. The molecule has 3 unspecified atom stereocenters. The Balaban J connectivity index is 2.20. The highest BCUT2D eigenvalue weighted by molar-refractivity contribution is 9.10. The molecule has 202 valence electrons. The van der Waals surface area contributed by atoms with Crippen molar-refractivity contribution in [2.24, 2.45) is 11.3 Å². The summed E-state index contributed by atoms with van der Waals surface area (Å²) in [6, 6.07) is 8.60. The van der Waals surface area contributed by atoms with Gasteiger partial charge in [-0.25, -0.2) is 10.4 Å². The van der Waals surface area contributed by atoms with Crippen molar-refractivity contribution < 1.29 is 14.3 Å². The van der Waals surface area contributed by atoms with E-state index in [1.807, 2.05) is 24.0 Å². The van der Waals surface area contributed by atoms with E-state index in [0.717, 1.165) is 30.2 Å². The Kier molecular flexibility index (Phi) is 9.83. The number of amides is 1. The van der Waals surface area contributed by atoms with Crippen molar-refractivity contribution in [2.45, 2.75) is 77.5 Å². The monoisotopic (exact) mass is 563 g/mol. The molecule has 36 heavy (non-hydrogen) atoms. The third-order valence-corrected chi connectivity index (χ3v) is 8.18. The molecule has 3 rings (SSSR count). The number of hydrogen-bond donors (Lipinski definition) is 1. The standard InChI is InChI=1S/C29H46BrN3O3/c1-8-11-18-29(35-20-27(4,5)21-36-29)28(31-32(6)7)19-23(22-12-15-24(30)16-13-22)14-17-25(28)26(34)33(9-2)10-3/h11-13,15-16,18,23,25,31H,8-10,14,17,19-21H2,1-7H3/b18-11+. The molecule has 6 nitrogen and oxygen atoms in total. The Labute approximate surface area is 226 Å². The maximum Gasteiger partial charge on any atom is 0.227 e. The van der Waals surface area contributed by atoms with Gasteiger partial charge in [-0.15, -0.1) is 0 Å². The molecular weight excluding hydrogens is 518 g/mol. The molecule has 1 aromatic rings. The first-order chi connectivity index (χ1) is 17.0.